The predicted molar refractivity (Wildman–Crippen MR) is 66.8 cm³/mol. The van der Waals surface area contributed by atoms with Crippen LogP contribution in [0.25, 0.3) is 0 Å². The number of hydrogen-bond donors (Lipinski definition) is 0. The van der Waals surface area contributed by atoms with Crippen LogP contribution in [0.4, 0.5) is 5.82 Å². The van der Waals surface area contributed by atoms with Crippen molar-refractivity contribution in [2.24, 2.45) is 5.41 Å². The first-order valence-electron chi connectivity index (χ1n) is 5.93. The predicted octanol–water partition coefficient (Wildman–Crippen LogP) is 2.20. The Morgan fingerprint density at radius 2 is 2.00 bits per heavy atom. The second-order valence-electron chi connectivity index (χ2n) is 5.56. The average molecular weight is 230 g/mol. The molecule has 0 radical (unpaired) electrons. The van der Waals surface area contributed by atoms with E-state index in [1.54, 1.807) is 0 Å². The first-order chi connectivity index (χ1) is 7.94. The van der Waals surface area contributed by atoms with Crippen LogP contribution in [0.5, 0.6) is 0 Å². The van der Waals surface area contributed by atoms with Gasteiger partial charge in [-0.05, 0) is 31.2 Å². The van der Waals surface area contributed by atoms with Crippen LogP contribution in [0, 0.1) is 30.6 Å². The van der Waals surface area contributed by atoms with Crippen LogP contribution in [0.15, 0.2) is 0 Å². The zero-order chi connectivity index (χ0) is 12.6. The zero-order valence-electron chi connectivity index (χ0n) is 10.9. The lowest BCUT2D eigenvalue weighted by molar-refractivity contribution is 0.418. The molecule has 17 heavy (non-hydrogen) atoms. The number of nitriles is 1. The molecule has 4 nitrogen and oxygen atoms in total. The second-order valence-corrected chi connectivity index (χ2v) is 5.56. The lowest BCUT2D eigenvalue weighted by Gasteiger charge is -2.21. The maximum absolute atomic E-state index is 9.27. The Hall–Kier alpha value is -1.63. The van der Waals surface area contributed by atoms with Gasteiger partial charge in [0.1, 0.15) is 11.6 Å². The summed E-state index contributed by atoms with van der Waals surface area (Å²) in [5.41, 5.74) is 2.76. The maximum Gasteiger partial charge on any atom is 0.169 e. The fourth-order valence-corrected chi connectivity index (χ4v) is 2.24. The van der Waals surface area contributed by atoms with Gasteiger partial charge in [-0.1, -0.05) is 13.8 Å². The standard InChI is InChI=1S/C13H18N4/c1-9-10(2)15-16-12(11(9)7-14)17-6-5-13(3,4)8-17/h5-6,8H2,1-4H3. The highest BCUT2D eigenvalue weighted by atomic mass is 15.3. The van der Waals surface area contributed by atoms with Gasteiger partial charge in [0.25, 0.3) is 0 Å². The van der Waals surface area contributed by atoms with Gasteiger partial charge in [0.15, 0.2) is 5.82 Å². The molecule has 2 heterocycles. The Morgan fingerprint density at radius 1 is 1.29 bits per heavy atom. The molecule has 0 N–H and O–H groups in total. The monoisotopic (exact) mass is 230 g/mol. The molecule has 1 fully saturated rings. The minimum Gasteiger partial charge on any atom is -0.353 e. The van der Waals surface area contributed by atoms with Crippen LogP contribution >= 0.6 is 0 Å². The fourth-order valence-electron chi connectivity index (χ4n) is 2.24. The highest BCUT2D eigenvalue weighted by molar-refractivity contribution is 5.58. The van der Waals surface area contributed by atoms with Crippen molar-refractivity contribution in [3.05, 3.63) is 16.8 Å². The van der Waals surface area contributed by atoms with E-state index >= 15 is 0 Å². The van der Waals surface area contributed by atoms with Crippen molar-refractivity contribution in [2.75, 3.05) is 18.0 Å². The van der Waals surface area contributed by atoms with Crippen LogP contribution in [0.1, 0.15) is 37.1 Å². The summed E-state index contributed by atoms with van der Waals surface area (Å²) < 4.78 is 0. The molecule has 2 rings (SSSR count). The van der Waals surface area contributed by atoms with Crippen molar-refractivity contribution in [1.82, 2.24) is 10.2 Å². The Kier molecular flexibility index (Phi) is 2.78. The number of anilines is 1. The van der Waals surface area contributed by atoms with E-state index in [1.807, 2.05) is 13.8 Å². The Bertz CT molecular complexity index is 485. The highest BCUT2D eigenvalue weighted by Gasteiger charge is 2.31. The van der Waals surface area contributed by atoms with E-state index in [4.69, 9.17) is 0 Å². The van der Waals surface area contributed by atoms with E-state index in [0.717, 1.165) is 36.6 Å². The van der Waals surface area contributed by atoms with E-state index < -0.39 is 0 Å². The van der Waals surface area contributed by atoms with Gasteiger partial charge >= 0.3 is 0 Å². The molecule has 0 unspecified atom stereocenters. The van der Waals surface area contributed by atoms with E-state index in [-0.39, 0.29) is 0 Å². The molecular formula is C13H18N4. The van der Waals surface area contributed by atoms with Crippen molar-refractivity contribution in [3.63, 3.8) is 0 Å². The number of nitrogens with zero attached hydrogens (tertiary/aromatic N) is 4. The number of aromatic nitrogens is 2. The van der Waals surface area contributed by atoms with E-state index in [9.17, 15) is 5.26 Å². The molecule has 1 aromatic heterocycles. The summed E-state index contributed by atoms with van der Waals surface area (Å²) in [4.78, 5) is 2.18. The fraction of sp³-hybridized carbons (Fsp3) is 0.615. The largest absolute Gasteiger partial charge is 0.353 e. The summed E-state index contributed by atoms with van der Waals surface area (Å²) in [6.07, 6.45) is 1.13. The van der Waals surface area contributed by atoms with Crippen LogP contribution in [-0.2, 0) is 0 Å². The summed E-state index contributed by atoms with van der Waals surface area (Å²) in [6, 6.07) is 2.26. The minimum absolute atomic E-state index is 0.299. The summed E-state index contributed by atoms with van der Waals surface area (Å²) in [6.45, 7) is 10.2. The van der Waals surface area contributed by atoms with Crippen LogP contribution < -0.4 is 4.90 Å². The lowest BCUT2D eigenvalue weighted by Crippen LogP contribution is -2.25. The number of rotatable bonds is 1. The van der Waals surface area contributed by atoms with Gasteiger partial charge in [0.05, 0.1) is 5.69 Å². The quantitative estimate of drug-likeness (QED) is 0.742. The van der Waals surface area contributed by atoms with Crippen molar-refractivity contribution in [1.29, 1.82) is 5.26 Å². The minimum atomic E-state index is 0.299. The molecule has 0 atom stereocenters. The van der Waals surface area contributed by atoms with E-state index in [0.29, 0.717) is 11.0 Å². The van der Waals surface area contributed by atoms with Crippen molar-refractivity contribution in [2.45, 2.75) is 34.1 Å². The van der Waals surface area contributed by atoms with Crippen molar-refractivity contribution in [3.8, 4) is 6.07 Å². The smallest absolute Gasteiger partial charge is 0.169 e. The lowest BCUT2D eigenvalue weighted by atomic mass is 9.93. The number of hydrogen-bond acceptors (Lipinski definition) is 4. The van der Waals surface area contributed by atoms with Crippen molar-refractivity contribution >= 4 is 5.82 Å². The third-order valence-electron chi connectivity index (χ3n) is 3.52. The molecule has 0 amide bonds. The molecule has 0 saturated carbocycles. The molecule has 0 spiro atoms. The molecule has 90 valence electrons. The third-order valence-corrected chi connectivity index (χ3v) is 3.52. The molecule has 1 aromatic rings. The summed E-state index contributed by atoms with van der Waals surface area (Å²) >= 11 is 0. The molecule has 0 aliphatic carbocycles. The highest BCUT2D eigenvalue weighted by Crippen LogP contribution is 2.33. The SMILES string of the molecule is Cc1nnc(N2CCC(C)(C)C2)c(C#N)c1C. The molecule has 0 bridgehead atoms. The zero-order valence-corrected chi connectivity index (χ0v) is 10.9. The van der Waals surface area contributed by atoms with Crippen LogP contribution in [0.3, 0.4) is 0 Å². The third kappa shape index (κ3) is 2.10. The van der Waals surface area contributed by atoms with Gasteiger partial charge in [-0.25, -0.2) is 0 Å². The molecule has 1 aliphatic heterocycles. The molecule has 1 saturated heterocycles. The normalized spacial score (nSPS) is 18.2. The van der Waals surface area contributed by atoms with Crippen LogP contribution in [-0.4, -0.2) is 23.3 Å². The Labute approximate surface area is 102 Å². The molecule has 1 aliphatic rings. The van der Waals surface area contributed by atoms with E-state index in [1.165, 1.54) is 0 Å². The summed E-state index contributed by atoms with van der Waals surface area (Å²) in [7, 11) is 0. The summed E-state index contributed by atoms with van der Waals surface area (Å²) in [5, 5.41) is 17.6. The number of aryl methyl sites for hydroxylation is 1. The first-order valence-corrected chi connectivity index (χ1v) is 5.93. The van der Waals surface area contributed by atoms with Gasteiger partial charge < -0.3 is 4.90 Å². The average Bonchev–Trinajstić information content (AvgIpc) is 2.62. The van der Waals surface area contributed by atoms with Gasteiger partial charge in [0, 0.05) is 13.1 Å². The second kappa shape index (κ2) is 3.99. The topological polar surface area (TPSA) is 52.8 Å². The Balaban J connectivity index is 2.41. The van der Waals surface area contributed by atoms with Gasteiger partial charge in [-0.15, -0.1) is 5.10 Å². The molecule has 4 heteroatoms. The van der Waals surface area contributed by atoms with Gasteiger partial charge in [-0.3, -0.25) is 0 Å². The maximum atomic E-state index is 9.27. The van der Waals surface area contributed by atoms with Crippen molar-refractivity contribution < 1.29 is 0 Å². The first kappa shape index (κ1) is 11.8. The Morgan fingerprint density at radius 3 is 2.53 bits per heavy atom. The van der Waals surface area contributed by atoms with Gasteiger partial charge in [0.2, 0.25) is 0 Å². The van der Waals surface area contributed by atoms with Gasteiger partial charge in [-0.2, -0.15) is 10.4 Å². The van der Waals surface area contributed by atoms with E-state index in [2.05, 4.69) is 35.0 Å². The summed E-state index contributed by atoms with van der Waals surface area (Å²) in [5.74, 6) is 0.751. The molecule has 0 aromatic carbocycles. The van der Waals surface area contributed by atoms with Crippen LogP contribution in [0.2, 0.25) is 0 Å². The molecular weight excluding hydrogens is 212 g/mol.